The van der Waals surface area contributed by atoms with E-state index in [2.05, 4.69) is 13.0 Å². The first kappa shape index (κ1) is 15.9. The summed E-state index contributed by atoms with van der Waals surface area (Å²) in [5.74, 6) is 0.977. The summed E-state index contributed by atoms with van der Waals surface area (Å²) in [6.07, 6.45) is 4.03. The van der Waals surface area contributed by atoms with Gasteiger partial charge in [-0.25, -0.2) is 0 Å². The zero-order chi connectivity index (χ0) is 17.1. The second kappa shape index (κ2) is 5.48. The minimum atomic E-state index is -0.422. The van der Waals surface area contributed by atoms with Crippen LogP contribution in [-0.2, 0) is 16.0 Å². The molecule has 0 radical (unpaired) electrons. The Hall–Kier alpha value is -1.55. The van der Waals surface area contributed by atoms with E-state index in [0.717, 1.165) is 25.7 Å². The van der Waals surface area contributed by atoms with Crippen molar-refractivity contribution in [1.82, 2.24) is 0 Å². The summed E-state index contributed by atoms with van der Waals surface area (Å²) in [7, 11) is 1.45. The third kappa shape index (κ3) is 2.12. The predicted molar refractivity (Wildman–Crippen MR) is 89.6 cm³/mol. The smallest absolute Gasteiger partial charge is 0.309 e. The lowest BCUT2D eigenvalue weighted by atomic mass is 9.54. The fraction of sp³-hybridized carbons (Fsp3) is 0.650. The van der Waals surface area contributed by atoms with Gasteiger partial charge in [-0.05, 0) is 78.5 Å². The van der Waals surface area contributed by atoms with Gasteiger partial charge in [0.15, 0.2) is 0 Å². The average Bonchev–Trinajstić information content (AvgIpc) is 2.85. The number of methoxy groups -OCH3 is 1. The third-order valence-electron chi connectivity index (χ3n) is 7.18. The number of benzene rings is 1. The maximum Gasteiger partial charge on any atom is 0.309 e. The number of hydrogen-bond acceptors (Lipinski definition) is 4. The highest BCUT2D eigenvalue weighted by Gasteiger charge is 2.60. The number of ether oxygens (including phenoxy) is 1. The van der Waals surface area contributed by atoms with Crippen LogP contribution in [0, 0.1) is 23.2 Å². The molecule has 1 aromatic carbocycles. The first-order chi connectivity index (χ1) is 11.5. The molecule has 2 N–H and O–H groups in total. The molecule has 3 aliphatic rings. The topological polar surface area (TPSA) is 66.8 Å². The minimum absolute atomic E-state index is 0.167. The zero-order valence-electron chi connectivity index (χ0n) is 14.4. The second-order valence-electron chi connectivity index (χ2n) is 8.14. The lowest BCUT2D eigenvalue weighted by Gasteiger charge is -2.51. The third-order valence-corrected chi connectivity index (χ3v) is 7.18. The molecule has 0 saturated heterocycles. The normalized spacial score (nSPS) is 40.4. The maximum atomic E-state index is 12.4. The Bertz CT molecular complexity index is 670. The van der Waals surface area contributed by atoms with E-state index >= 15 is 0 Å². The number of fused-ring (bicyclic) bond motifs is 5. The highest BCUT2D eigenvalue weighted by atomic mass is 16.5. The van der Waals surface area contributed by atoms with Crippen molar-refractivity contribution in [2.24, 2.45) is 23.2 Å². The summed E-state index contributed by atoms with van der Waals surface area (Å²) in [5.41, 5.74) is 2.39. The van der Waals surface area contributed by atoms with Crippen molar-refractivity contribution in [2.45, 2.75) is 51.0 Å². The number of rotatable bonds is 1. The van der Waals surface area contributed by atoms with E-state index in [9.17, 15) is 15.0 Å². The molecule has 6 atom stereocenters. The Morgan fingerprint density at radius 3 is 2.88 bits per heavy atom. The van der Waals surface area contributed by atoms with Crippen LogP contribution in [0.3, 0.4) is 0 Å². The van der Waals surface area contributed by atoms with E-state index in [4.69, 9.17) is 4.74 Å². The molecule has 4 nitrogen and oxygen atoms in total. The van der Waals surface area contributed by atoms with Gasteiger partial charge < -0.3 is 14.9 Å². The van der Waals surface area contributed by atoms with Gasteiger partial charge >= 0.3 is 5.97 Å². The van der Waals surface area contributed by atoms with E-state index < -0.39 is 6.10 Å². The van der Waals surface area contributed by atoms with E-state index in [1.54, 1.807) is 6.07 Å². The van der Waals surface area contributed by atoms with E-state index in [1.165, 1.54) is 18.2 Å². The number of carbonyl (C=O) groups is 1. The van der Waals surface area contributed by atoms with Crippen molar-refractivity contribution in [3.8, 4) is 5.75 Å². The van der Waals surface area contributed by atoms with Crippen molar-refractivity contribution in [2.75, 3.05) is 7.11 Å². The number of phenolic OH excluding ortho intramolecular Hbond substituents is 1. The summed E-state index contributed by atoms with van der Waals surface area (Å²) < 4.78 is 5.06. The number of aromatic hydroxyl groups is 1. The van der Waals surface area contributed by atoms with E-state index in [0.29, 0.717) is 24.0 Å². The van der Waals surface area contributed by atoms with Gasteiger partial charge in [-0.1, -0.05) is 13.0 Å². The Kier molecular flexibility index (Phi) is 3.64. The van der Waals surface area contributed by atoms with Crippen molar-refractivity contribution in [3.63, 3.8) is 0 Å². The van der Waals surface area contributed by atoms with Gasteiger partial charge in [0.1, 0.15) is 5.75 Å². The van der Waals surface area contributed by atoms with Crippen LogP contribution in [0.2, 0.25) is 0 Å². The molecule has 4 heteroatoms. The van der Waals surface area contributed by atoms with Crippen molar-refractivity contribution in [3.05, 3.63) is 29.3 Å². The van der Waals surface area contributed by atoms with Crippen molar-refractivity contribution < 1.29 is 19.7 Å². The Morgan fingerprint density at radius 1 is 1.33 bits per heavy atom. The summed E-state index contributed by atoms with van der Waals surface area (Å²) in [6, 6.07) is 5.72. The number of aryl methyl sites for hydroxylation is 1. The number of esters is 1. The molecule has 24 heavy (non-hydrogen) atoms. The van der Waals surface area contributed by atoms with Crippen molar-refractivity contribution in [1.29, 1.82) is 0 Å². The minimum Gasteiger partial charge on any atom is -0.508 e. The van der Waals surface area contributed by atoms with Crippen LogP contribution in [0.25, 0.3) is 0 Å². The summed E-state index contributed by atoms with van der Waals surface area (Å²) >= 11 is 0. The lowest BCUT2D eigenvalue weighted by Crippen LogP contribution is -2.46. The first-order valence-electron chi connectivity index (χ1n) is 9.03. The van der Waals surface area contributed by atoms with Crippen LogP contribution in [0.5, 0.6) is 5.75 Å². The molecule has 0 bridgehead atoms. The van der Waals surface area contributed by atoms with Gasteiger partial charge in [0.05, 0.1) is 19.1 Å². The van der Waals surface area contributed by atoms with Crippen LogP contribution in [-0.4, -0.2) is 29.4 Å². The second-order valence-corrected chi connectivity index (χ2v) is 8.14. The standard InChI is InChI=1S/C20H26O4/c1-20-8-7-14-13-6-4-12(21)9-11(13)3-5-15(14)18(20)16(10-17(20)22)19(23)24-2/h4,6,9,14-18,21-22H,3,5,7-8,10H2,1-2H3/t14?,15?,16-,17?,18?,20?/m0/s1. The molecule has 0 heterocycles. The molecule has 0 spiro atoms. The van der Waals surface area contributed by atoms with Gasteiger partial charge in [0, 0.05) is 0 Å². The molecule has 2 saturated carbocycles. The molecule has 1 aromatic rings. The predicted octanol–water partition coefficient (Wildman–Crippen LogP) is 3.01. The molecule has 3 aliphatic carbocycles. The summed E-state index contributed by atoms with van der Waals surface area (Å²) in [4.78, 5) is 12.4. The van der Waals surface area contributed by atoms with Gasteiger partial charge in [-0.15, -0.1) is 0 Å². The molecule has 0 amide bonds. The highest BCUT2D eigenvalue weighted by Crippen LogP contribution is 2.62. The molecule has 4 rings (SSSR count). The van der Waals surface area contributed by atoms with Crippen molar-refractivity contribution >= 4 is 5.97 Å². The Balaban J connectivity index is 1.73. The first-order valence-corrected chi connectivity index (χ1v) is 9.03. The molecule has 130 valence electrons. The Labute approximate surface area is 142 Å². The molecule has 5 unspecified atom stereocenters. The highest BCUT2D eigenvalue weighted by molar-refractivity contribution is 5.73. The van der Waals surface area contributed by atoms with Crippen LogP contribution >= 0.6 is 0 Å². The fourth-order valence-electron chi connectivity index (χ4n) is 6.04. The van der Waals surface area contributed by atoms with Crippen LogP contribution in [0.1, 0.15) is 49.7 Å². The number of aliphatic hydroxyl groups is 1. The quantitative estimate of drug-likeness (QED) is 0.777. The zero-order valence-corrected chi connectivity index (χ0v) is 14.4. The maximum absolute atomic E-state index is 12.4. The SMILES string of the molecule is COC(=O)[C@H]1CC(O)C2(C)CCC3c4ccc(O)cc4CCC3C12. The van der Waals surface area contributed by atoms with Gasteiger partial charge in [0.2, 0.25) is 0 Å². The largest absolute Gasteiger partial charge is 0.508 e. The number of hydrogen-bond donors (Lipinski definition) is 2. The van der Waals surface area contributed by atoms with Crippen LogP contribution in [0.15, 0.2) is 18.2 Å². The molecular weight excluding hydrogens is 304 g/mol. The number of carbonyl (C=O) groups excluding carboxylic acids is 1. The lowest BCUT2D eigenvalue weighted by molar-refractivity contribution is -0.149. The molecule has 2 fully saturated rings. The summed E-state index contributed by atoms with van der Waals surface area (Å²) in [6.45, 7) is 2.16. The molecular formula is C20H26O4. The average molecular weight is 330 g/mol. The number of aliphatic hydroxyl groups excluding tert-OH is 1. The van der Waals surface area contributed by atoms with Crippen LogP contribution < -0.4 is 0 Å². The van der Waals surface area contributed by atoms with Gasteiger partial charge in [-0.2, -0.15) is 0 Å². The Morgan fingerprint density at radius 2 is 2.12 bits per heavy atom. The van der Waals surface area contributed by atoms with Gasteiger partial charge in [0.25, 0.3) is 0 Å². The molecule has 0 aromatic heterocycles. The van der Waals surface area contributed by atoms with E-state index in [1.807, 2.05) is 6.07 Å². The monoisotopic (exact) mass is 330 g/mol. The van der Waals surface area contributed by atoms with E-state index in [-0.39, 0.29) is 23.2 Å². The summed E-state index contributed by atoms with van der Waals surface area (Å²) in [5, 5.41) is 20.4. The van der Waals surface area contributed by atoms with Crippen LogP contribution in [0.4, 0.5) is 0 Å². The fourth-order valence-corrected chi connectivity index (χ4v) is 6.04. The molecule has 0 aliphatic heterocycles. The van der Waals surface area contributed by atoms with Gasteiger partial charge in [-0.3, -0.25) is 4.79 Å². The number of phenols is 1.